The van der Waals surface area contributed by atoms with Gasteiger partial charge in [0.15, 0.2) is 11.5 Å². The van der Waals surface area contributed by atoms with Crippen molar-refractivity contribution in [2.45, 2.75) is 13.5 Å². The van der Waals surface area contributed by atoms with Crippen LogP contribution in [-0.2, 0) is 6.54 Å². The molecule has 0 heterocycles. The van der Waals surface area contributed by atoms with Crippen LogP contribution in [0.15, 0.2) is 30.3 Å². The molecule has 0 saturated heterocycles. The smallest absolute Gasteiger partial charge is 0.162 e. The second-order valence-electron chi connectivity index (χ2n) is 4.59. The van der Waals surface area contributed by atoms with Gasteiger partial charge in [0.05, 0.1) is 24.3 Å². The molecule has 0 aliphatic carbocycles. The lowest BCUT2D eigenvalue weighted by Crippen LogP contribution is -2.03. The average molecular weight is 326 g/mol. The van der Waals surface area contributed by atoms with Crippen LogP contribution in [0.4, 0.5) is 5.69 Å². The van der Waals surface area contributed by atoms with E-state index in [1.165, 1.54) is 0 Å². The first-order valence-electron chi connectivity index (χ1n) is 6.46. The van der Waals surface area contributed by atoms with Gasteiger partial charge < -0.3 is 14.8 Å². The van der Waals surface area contributed by atoms with Crippen molar-refractivity contribution in [3.05, 3.63) is 51.5 Å². The maximum atomic E-state index is 6.19. The van der Waals surface area contributed by atoms with Crippen molar-refractivity contribution in [2.24, 2.45) is 0 Å². The van der Waals surface area contributed by atoms with Crippen LogP contribution < -0.4 is 14.8 Å². The zero-order valence-corrected chi connectivity index (χ0v) is 13.7. The summed E-state index contributed by atoms with van der Waals surface area (Å²) in [4.78, 5) is 0. The highest BCUT2D eigenvalue weighted by atomic mass is 35.5. The monoisotopic (exact) mass is 325 g/mol. The van der Waals surface area contributed by atoms with Crippen molar-refractivity contribution in [2.75, 3.05) is 19.5 Å². The molecular formula is C16H17Cl2NO2. The van der Waals surface area contributed by atoms with Crippen LogP contribution in [0.1, 0.15) is 11.1 Å². The number of halogens is 2. The summed E-state index contributed by atoms with van der Waals surface area (Å²) in [6.45, 7) is 2.58. The zero-order valence-electron chi connectivity index (χ0n) is 12.2. The minimum Gasteiger partial charge on any atom is -0.493 e. The first kappa shape index (κ1) is 15.8. The normalized spacial score (nSPS) is 10.3. The molecule has 21 heavy (non-hydrogen) atoms. The Morgan fingerprint density at radius 1 is 1.05 bits per heavy atom. The van der Waals surface area contributed by atoms with Gasteiger partial charge in [-0.1, -0.05) is 35.3 Å². The lowest BCUT2D eigenvalue weighted by molar-refractivity contribution is 0.355. The second kappa shape index (κ2) is 6.92. The number of methoxy groups -OCH3 is 2. The highest BCUT2D eigenvalue weighted by molar-refractivity contribution is 6.42. The Labute approximate surface area is 134 Å². The SMILES string of the molecule is COc1cc(C)c(NCc2cccc(Cl)c2Cl)cc1OC. The van der Waals surface area contributed by atoms with Crippen LogP contribution in [0.3, 0.4) is 0 Å². The molecule has 0 spiro atoms. The molecule has 0 amide bonds. The van der Waals surface area contributed by atoms with Crippen molar-refractivity contribution in [3.8, 4) is 11.5 Å². The van der Waals surface area contributed by atoms with Crippen molar-refractivity contribution in [3.63, 3.8) is 0 Å². The number of aryl methyl sites for hydroxylation is 1. The van der Waals surface area contributed by atoms with Gasteiger partial charge >= 0.3 is 0 Å². The van der Waals surface area contributed by atoms with E-state index in [-0.39, 0.29) is 0 Å². The zero-order chi connectivity index (χ0) is 15.4. The Hall–Kier alpha value is -1.58. The van der Waals surface area contributed by atoms with E-state index in [1.807, 2.05) is 31.2 Å². The predicted molar refractivity (Wildman–Crippen MR) is 88.1 cm³/mol. The third-order valence-corrected chi connectivity index (χ3v) is 4.09. The summed E-state index contributed by atoms with van der Waals surface area (Å²) in [5.41, 5.74) is 2.97. The van der Waals surface area contributed by atoms with E-state index in [9.17, 15) is 0 Å². The van der Waals surface area contributed by atoms with Crippen LogP contribution >= 0.6 is 23.2 Å². The Bertz CT molecular complexity index is 644. The van der Waals surface area contributed by atoms with Gasteiger partial charge in [-0.05, 0) is 30.2 Å². The standard InChI is InChI=1S/C16H17Cl2NO2/c1-10-7-14(20-2)15(21-3)8-13(10)19-9-11-5-4-6-12(17)16(11)18/h4-8,19H,9H2,1-3H3. The van der Waals surface area contributed by atoms with Crippen molar-refractivity contribution in [1.29, 1.82) is 0 Å². The van der Waals surface area contributed by atoms with Gasteiger partial charge in [0, 0.05) is 18.3 Å². The van der Waals surface area contributed by atoms with Crippen molar-refractivity contribution >= 4 is 28.9 Å². The van der Waals surface area contributed by atoms with Gasteiger partial charge in [0.2, 0.25) is 0 Å². The maximum absolute atomic E-state index is 6.19. The fourth-order valence-corrected chi connectivity index (χ4v) is 2.43. The molecule has 0 aromatic heterocycles. The van der Waals surface area contributed by atoms with Crippen LogP contribution in [0, 0.1) is 6.92 Å². The summed E-state index contributed by atoms with van der Waals surface area (Å²) < 4.78 is 10.6. The van der Waals surface area contributed by atoms with Crippen molar-refractivity contribution < 1.29 is 9.47 Å². The van der Waals surface area contributed by atoms with E-state index < -0.39 is 0 Å². The fraction of sp³-hybridized carbons (Fsp3) is 0.250. The first-order chi connectivity index (χ1) is 10.1. The molecule has 0 fully saturated rings. The minimum atomic E-state index is 0.556. The molecule has 3 nitrogen and oxygen atoms in total. The Morgan fingerprint density at radius 3 is 2.38 bits per heavy atom. The molecule has 1 N–H and O–H groups in total. The molecule has 0 atom stereocenters. The largest absolute Gasteiger partial charge is 0.493 e. The number of nitrogens with one attached hydrogen (secondary N) is 1. The highest BCUT2D eigenvalue weighted by Crippen LogP contribution is 2.33. The predicted octanol–water partition coefficient (Wildman–Crippen LogP) is 4.93. The molecule has 0 bridgehead atoms. The number of benzene rings is 2. The fourth-order valence-electron chi connectivity index (χ4n) is 2.05. The quantitative estimate of drug-likeness (QED) is 0.845. The van der Waals surface area contributed by atoms with Gasteiger partial charge in [-0.2, -0.15) is 0 Å². The number of anilines is 1. The summed E-state index contributed by atoms with van der Waals surface area (Å²) >= 11 is 12.2. The summed E-state index contributed by atoms with van der Waals surface area (Å²) in [6, 6.07) is 9.44. The molecule has 0 aliphatic heterocycles. The van der Waals surface area contributed by atoms with Crippen LogP contribution in [0.25, 0.3) is 0 Å². The molecule has 2 aromatic rings. The molecule has 0 radical (unpaired) electrons. The number of ether oxygens (including phenoxy) is 2. The van der Waals surface area contributed by atoms with Gasteiger partial charge in [-0.25, -0.2) is 0 Å². The van der Waals surface area contributed by atoms with Crippen LogP contribution in [-0.4, -0.2) is 14.2 Å². The first-order valence-corrected chi connectivity index (χ1v) is 7.21. The number of hydrogen-bond donors (Lipinski definition) is 1. The van der Waals surface area contributed by atoms with Gasteiger partial charge in [0.25, 0.3) is 0 Å². The summed E-state index contributed by atoms with van der Waals surface area (Å²) in [5, 5.41) is 4.47. The molecule has 2 rings (SSSR count). The van der Waals surface area contributed by atoms with Gasteiger partial charge in [0.1, 0.15) is 0 Å². The Kier molecular flexibility index (Phi) is 5.21. The topological polar surface area (TPSA) is 30.5 Å². The molecule has 0 aliphatic rings. The molecule has 5 heteroatoms. The van der Waals surface area contributed by atoms with Gasteiger partial charge in [-0.3, -0.25) is 0 Å². The van der Waals surface area contributed by atoms with Gasteiger partial charge in [-0.15, -0.1) is 0 Å². The number of rotatable bonds is 5. The van der Waals surface area contributed by atoms with Crippen LogP contribution in [0.5, 0.6) is 11.5 Å². The Balaban J connectivity index is 2.22. The second-order valence-corrected chi connectivity index (χ2v) is 5.37. The highest BCUT2D eigenvalue weighted by Gasteiger charge is 2.09. The summed E-state index contributed by atoms with van der Waals surface area (Å²) in [5.74, 6) is 1.39. The summed E-state index contributed by atoms with van der Waals surface area (Å²) in [6.07, 6.45) is 0. The minimum absolute atomic E-state index is 0.556. The summed E-state index contributed by atoms with van der Waals surface area (Å²) in [7, 11) is 3.24. The molecule has 0 unspecified atom stereocenters. The molecular weight excluding hydrogens is 309 g/mol. The third-order valence-electron chi connectivity index (χ3n) is 3.23. The third kappa shape index (κ3) is 3.55. The lowest BCUT2D eigenvalue weighted by atomic mass is 10.1. The Morgan fingerprint density at radius 2 is 1.71 bits per heavy atom. The van der Waals surface area contributed by atoms with E-state index in [4.69, 9.17) is 32.7 Å². The maximum Gasteiger partial charge on any atom is 0.162 e. The van der Waals surface area contributed by atoms with E-state index >= 15 is 0 Å². The van der Waals surface area contributed by atoms with E-state index in [0.29, 0.717) is 28.1 Å². The average Bonchev–Trinajstić information content (AvgIpc) is 2.49. The van der Waals surface area contributed by atoms with E-state index in [1.54, 1.807) is 20.3 Å². The molecule has 112 valence electrons. The molecule has 2 aromatic carbocycles. The number of hydrogen-bond acceptors (Lipinski definition) is 3. The van der Waals surface area contributed by atoms with E-state index in [2.05, 4.69) is 5.32 Å². The van der Waals surface area contributed by atoms with Crippen LogP contribution in [0.2, 0.25) is 10.0 Å². The van der Waals surface area contributed by atoms with E-state index in [0.717, 1.165) is 16.8 Å². The van der Waals surface area contributed by atoms with Crippen molar-refractivity contribution in [1.82, 2.24) is 0 Å². The lowest BCUT2D eigenvalue weighted by Gasteiger charge is -2.15. The molecule has 0 saturated carbocycles.